The van der Waals surface area contributed by atoms with Gasteiger partial charge in [0.25, 0.3) is 0 Å². The molecule has 2 aromatic carbocycles. The van der Waals surface area contributed by atoms with E-state index in [2.05, 4.69) is 11.9 Å². The van der Waals surface area contributed by atoms with Crippen LogP contribution in [0.5, 0.6) is 11.5 Å². The van der Waals surface area contributed by atoms with E-state index in [4.69, 9.17) is 9.47 Å². The third-order valence-electron chi connectivity index (χ3n) is 5.11. The van der Waals surface area contributed by atoms with Gasteiger partial charge in [-0.3, -0.25) is 4.79 Å². The molecule has 7 heteroatoms. The van der Waals surface area contributed by atoms with Crippen molar-refractivity contribution in [1.82, 2.24) is 0 Å². The van der Waals surface area contributed by atoms with Crippen molar-refractivity contribution in [1.29, 1.82) is 0 Å². The second kappa shape index (κ2) is 8.65. The fourth-order valence-corrected chi connectivity index (χ4v) is 4.96. The summed E-state index contributed by atoms with van der Waals surface area (Å²) in [7, 11) is 1.57. The third-order valence-corrected chi connectivity index (χ3v) is 6.40. The molecule has 1 aliphatic heterocycles. The minimum Gasteiger partial charge on any atom is -0.497 e. The molecule has 0 unspecified atom stereocenters. The number of benzene rings is 2. The first-order chi connectivity index (χ1) is 15.0. The smallest absolute Gasteiger partial charge is 0.346 e. The van der Waals surface area contributed by atoms with Gasteiger partial charge in [0.15, 0.2) is 0 Å². The molecule has 31 heavy (non-hydrogen) atoms. The predicted octanol–water partition coefficient (Wildman–Crippen LogP) is 5.16. The molecular weight excluding hydrogens is 414 g/mol. The van der Waals surface area contributed by atoms with Crippen LogP contribution < -0.4 is 14.8 Å². The number of carbonyl (C=O) groups is 2. The maximum atomic E-state index is 12.6. The average Bonchev–Trinajstić information content (AvgIpc) is 3.17. The molecule has 3 aromatic rings. The second-order valence-electron chi connectivity index (χ2n) is 7.06. The van der Waals surface area contributed by atoms with E-state index in [1.54, 1.807) is 37.5 Å². The Bertz CT molecular complexity index is 1150. The Morgan fingerprint density at radius 1 is 1.26 bits per heavy atom. The molecule has 1 aliphatic rings. The topological polar surface area (TPSA) is 84.9 Å². The number of hydrogen-bond acceptors (Lipinski definition) is 5. The van der Waals surface area contributed by atoms with Crippen molar-refractivity contribution in [3.05, 3.63) is 76.5 Å². The van der Waals surface area contributed by atoms with Gasteiger partial charge in [-0.2, -0.15) is 0 Å². The number of carboxylic acids is 1. The summed E-state index contributed by atoms with van der Waals surface area (Å²) >= 11 is 1.20. The third kappa shape index (κ3) is 4.04. The number of fused-ring (bicyclic) bond motifs is 1. The number of hydrogen-bond donors (Lipinski definition) is 2. The van der Waals surface area contributed by atoms with Gasteiger partial charge in [-0.25, -0.2) is 4.79 Å². The van der Waals surface area contributed by atoms with E-state index in [9.17, 15) is 14.7 Å². The monoisotopic (exact) mass is 435 g/mol. The number of nitrogens with one attached hydrogen (secondary N) is 1. The first-order valence-corrected chi connectivity index (χ1v) is 10.5. The molecular formula is C24H21NO5S. The van der Waals surface area contributed by atoms with Crippen LogP contribution >= 0.6 is 11.3 Å². The molecule has 0 bridgehead atoms. The summed E-state index contributed by atoms with van der Waals surface area (Å²) in [5.41, 5.74) is 2.69. The number of methoxy groups -OCH3 is 1. The highest BCUT2D eigenvalue weighted by Crippen LogP contribution is 2.49. The molecule has 6 nitrogen and oxygen atoms in total. The van der Waals surface area contributed by atoms with E-state index in [1.807, 2.05) is 24.3 Å². The van der Waals surface area contributed by atoms with E-state index in [0.717, 1.165) is 10.4 Å². The van der Waals surface area contributed by atoms with Gasteiger partial charge in [0, 0.05) is 22.8 Å². The number of carbonyl (C=O) groups excluding carboxylic acids is 1. The number of amides is 1. The van der Waals surface area contributed by atoms with Crippen molar-refractivity contribution < 1.29 is 24.2 Å². The van der Waals surface area contributed by atoms with Gasteiger partial charge >= 0.3 is 5.97 Å². The molecule has 2 N–H and O–H groups in total. The van der Waals surface area contributed by atoms with Gasteiger partial charge in [0.2, 0.25) is 5.91 Å². The summed E-state index contributed by atoms with van der Waals surface area (Å²) < 4.78 is 10.8. The van der Waals surface area contributed by atoms with Crippen LogP contribution in [0.4, 0.5) is 5.69 Å². The van der Waals surface area contributed by atoms with Crippen LogP contribution in [0.15, 0.2) is 61.2 Å². The van der Waals surface area contributed by atoms with Crippen LogP contribution in [0, 0.1) is 0 Å². The Kier molecular flexibility index (Phi) is 5.77. The Hall–Kier alpha value is -3.58. The molecule has 1 atom stereocenters. The summed E-state index contributed by atoms with van der Waals surface area (Å²) in [5.74, 6) is -0.0925. The van der Waals surface area contributed by atoms with E-state index in [-0.39, 0.29) is 23.1 Å². The van der Waals surface area contributed by atoms with Crippen LogP contribution in [0.3, 0.4) is 0 Å². The lowest BCUT2D eigenvalue weighted by molar-refractivity contribution is -0.116. The van der Waals surface area contributed by atoms with E-state index < -0.39 is 5.97 Å². The van der Waals surface area contributed by atoms with Gasteiger partial charge in [0.05, 0.1) is 12.8 Å². The van der Waals surface area contributed by atoms with Crippen LogP contribution in [0.2, 0.25) is 0 Å². The van der Waals surface area contributed by atoms with Gasteiger partial charge in [-0.1, -0.05) is 36.9 Å². The molecule has 0 spiro atoms. The van der Waals surface area contributed by atoms with Crippen LogP contribution in [0.1, 0.15) is 32.5 Å². The number of aromatic carboxylic acids is 1. The number of carboxylic acid groups (broad SMARTS) is 1. The van der Waals surface area contributed by atoms with Gasteiger partial charge in [-0.05, 0) is 35.4 Å². The zero-order valence-electron chi connectivity index (χ0n) is 16.9. The van der Waals surface area contributed by atoms with Crippen LogP contribution in [-0.4, -0.2) is 30.7 Å². The Morgan fingerprint density at radius 3 is 2.71 bits per heavy atom. The van der Waals surface area contributed by atoms with Gasteiger partial charge < -0.3 is 19.9 Å². The second-order valence-corrected chi connectivity index (χ2v) is 8.11. The molecule has 1 amide bonds. The minimum absolute atomic E-state index is 0.153. The van der Waals surface area contributed by atoms with Crippen LogP contribution in [-0.2, 0) is 4.79 Å². The van der Waals surface area contributed by atoms with Gasteiger partial charge in [0.1, 0.15) is 23.0 Å². The number of ether oxygens (including phenoxy) is 2. The first-order valence-electron chi connectivity index (χ1n) is 9.69. The summed E-state index contributed by atoms with van der Waals surface area (Å²) in [6.07, 6.45) is 1.90. The van der Waals surface area contributed by atoms with Crippen molar-refractivity contribution in [2.75, 3.05) is 19.0 Å². The highest BCUT2D eigenvalue weighted by atomic mass is 32.1. The molecule has 2 heterocycles. The molecule has 0 fully saturated rings. The SMILES string of the molecule is C=CCOc1cccc([C@H]2CC(=O)Nc3c2sc(C(=O)O)c3-c2ccc(OC)cc2)c1. The molecule has 0 aliphatic carbocycles. The maximum absolute atomic E-state index is 12.6. The molecule has 158 valence electrons. The molecule has 0 saturated heterocycles. The summed E-state index contributed by atoms with van der Waals surface area (Å²) in [6.45, 7) is 4.04. The molecule has 1 aromatic heterocycles. The van der Waals surface area contributed by atoms with Crippen molar-refractivity contribution in [3.63, 3.8) is 0 Å². The normalized spacial score (nSPS) is 15.0. The largest absolute Gasteiger partial charge is 0.497 e. The highest BCUT2D eigenvalue weighted by molar-refractivity contribution is 7.15. The standard InChI is InChI=1S/C24H21NO5S/c1-3-11-30-17-6-4-5-15(12-17)18-13-19(26)25-21-20(23(24(27)28)31-22(18)21)14-7-9-16(29-2)10-8-14/h3-10,12,18H,1,11,13H2,2H3,(H,25,26)(H,27,28)/t18-/m1/s1. The van der Waals surface area contributed by atoms with E-state index in [0.29, 0.717) is 34.9 Å². The summed E-state index contributed by atoms with van der Waals surface area (Å²) in [5, 5.41) is 12.8. The Labute approximate surface area is 183 Å². The van der Waals surface area contributed by atoms with Crippen molar-refractivity contribution in [2.45, 2.75) is 12.3 Å². The van der Waals surface area contributed by atoms with Crippen molar-refractivity contribution in [3.8, 4) is 22.6 Å². The molecule has 0 radical (unpaired) electrons. The lowest BCUT2D eigenvalue weighted by Crippen LogP contribution is -2.22. The zero-order chi connectivity index (χ0) is 22.0. The fourth-order valence-electron chi connectivity index (χ4n) is 3.72. The number of rotatable bonds is 7. The van der Waals surface area contributed by atoms with E-state index in [1.165, 1.54) is 11.3 Å². The summed E-state index contributed by atoms with van der Waals surface area (Å²) in [6, 6.07) is 14.7. The summed E-state index contributed by atoms with van der Waals surface area (Å²) in [4.78, 5) is 25.7. The van der Waals surface area contributed by atoms with Gasteiger partial charge in [-0.15, -0.1) is 11.3 Å². The Balaban J connectivity index is 1.83. The molecule has 4 rings (SSSR count). The average molecular weight is 436 g/mol. The maximum Gasteiger partial charge on any atom is 0.346 e. The Morgan fingerprint density at radius 2 is 2.03 bits per heavy atom. The first kappa shape index (κ1) is 20.7. The molecule has 0 saturated carbocycles. The predicted molar refractivity (Wildman–Crippen MR) is 120 cm³/mol. The van der Waals surface area contributed by atoms with Crippen molar-refractivity contribution in [2.24, 2.45) is 0 Å². The number of thiophene rings is 1. The number of anilines is 1. The van der Waals surface area contributed by atoms with Crippen molar-refractivity contribution >= 4 is 28.9 Å². The fraction of sp³-hybridized carbons (Fsp3) is 0.167. The minimum atomic E-state index is -1.03. The lowest BCUT2D eigenvalue weighted by atomic mass is 9.88. The lowest BCUT2D eigenvalue weighted by Gasteiger charge is -2.24. The highest BCUT2D eigenvalue weighted by Gasteiger charge is 2.34. The van der Waals surface area contributed by atoms with E-state index >= 15 is 0 Å². The van der Waals surface area contributed by atoms with Crippen LogP contribution in [0.25, 0.3) is 11.1 Å². The quantitative estimate of drug-likeness (QED) is 0.501. The zero-order valence-corrected chi connectivity index (χ0v) is 17.7.